The van der Waals surface area contributed by atoms with Gasteiger partial charge in [-0.05, 0) is 25.1 Å². The van der Waals surface area contributed by atoms with Gasteiger partial charge in [-0.3, -0.25) is 4.79 Å². The largest absolute Gasteiger partial charge is 0.416 e. The molecule has 1 fully saturated rings. The maximum absolute atomic E-state index is 12.8. The van der Waals surface area contributed by atoms with E-state index in [4.69, 9.17) is 0 Å². The lowest BCUT2D eigenvalue weighted by molar-refractivity contribution is -0.137. The van der Waals surface area contributed by atoms with E-state index in [1.165, 1.54) is 6.07 Å². The highest BCUT2D eigenvalue weighted by atomic mass is 32.2. The average Bonchev–Trinajstić information content (AvgIpc) is 2.47. The maximum Gasteiger partial charge on any atom is 0.416 e. The molecule has 7 heteroatoms. The molecule has 0 spiro atoms. The third-order valence-corrected chi connectivity index (χ3v) is 4.19. The number of amides is 1. The topological polar surface area (TPSA) is 32.3 Å². The molecular weight excluding hydrogens is 301 g/mol. The first kappa shape index (κ1) is 16.0. The molecule has 116 valence electrons. The number of rotatable bonds is 3. The van der Waals surface area contributed by atoms with Crippen molar-refractivity contribution >= 4 is 23.4 Å². The second-order valence-corrected chi connectivity index (χ2v) is 5.92. The molecule has 0 unspecified atom stereocenters. The van der Waals surface area contributed by atoms with E-state index in [0.29, 0.717) is 25.3 Å². The van der Waals surface area contributed by atoms with Gasteiger partial charge in [-0.25, -0.2) is 0 Å². The predicted octanol–water partition coefficient (Wildman–Crippen LogP) is 3.33. The van der Waals surface area contributed by atoms with Gasteiger partial charge in [-0.1, -0.05) is 0 Å². The van der Waals surface area contributed by atoms with Crippen LogP contribution in [0.3, 0.4) is 0 Å². The van der Waals surface area contributed by atoms with Crippen LogP contribution >= 0.6 is 11.8 Å². The molecule has 0 aromatic heterocycles. The van der Waals surface area contributed by atoms with Crippen LogP contribution in [0.2, 0.25) is 0 Å². The minimum atomic E-state index is -4.45. The van der Waals surface area contributed by atoms with Crippen LogP contribution in [0.25, 0.3) is 0 Å². The van der Waals surface area contributed by atoms with Gasteiger partial charge in [0.25, 0.3) is 5.91 Å². The molecule has 1 aromatic carbocycles. The number of anilines is 1. The number of halogens is 3. The van der Waals surface area contributed by atoms with Crippen LogP contribution in [0.4, 0.5) is 18.9 Å². The number of alkyl halides is 3. The lowest BCUT2D eigenvalue weighted by atomic mass is 10.1. The number of carbonyl (C=O) groups is 1. The summed E-state index contributed by atoms with van der Waals surface area (Å²) in [6.07, 6.45) is -4.45. The minimum Gasteiger partial charge on any atom is -0.385 e. The highest BCUT2D eigenvalue weighted by molar-refractivity contribution is 7.99. The Morgan fingerprint density at radius 2 is 2.00 bits per heavy atom. The molecule has 1 aromatic rings. The van der Waals surface area contributed by atoms with E-state index in [0.717, 1.165) is 23.6 Å². The fourth-order valence-electron chi connectivity index (χ4n) is 2.18. The molecule has 0 aliphatic carbocycles. The number of hydrogen-bond acceptors (Lipinski definition) is 3. The Labute approximate surface area is 125 Å². The molecule has 1 aliphatic rings. The van der Waals surface area contributed by atoms with E-state index < -0.39 is 11.7 Å². The van der Waals surface area contributed by atoms with E-state index in [2.05, 4.69) is 5.32 Å². The molecule has 3 nitrogen and oxygen atoms in total. The molecule has 21 heavy (non-hydrogen) atoms. The summed E-state index contributed by atoms with van der Waals surface area (Å²) in [5, 5.41) is 2.95. The molecule has 0 radical (unpaired) electrons. The molecule has 1 heterocycles. The Bertz CT molecular complexity index is 513. The number of thioether (sulfide) groups is 1. The normalized spacial score (nSPS) is 15.9. The minimum absolute atomic E-state index is 0.0959. The zero-order valence-corrected chi connectivity index (χ0v) is 12.5. The van der Waals surface area contributed by atoms with Gasteiger partial charge in [0.15, 0.2) is 0 Å². The quantitative estimate of drug-likeness (QED) is 0.928. The van der Waals surface area contributed by atoms with Crippen LogP contribution in [0, 0.1) is 0 Å². The summed E-state index contributed by atoms with van der Waals surface area (Å²) < 4.78 is 38.5. The SMILES string of the molecule is CCNc1ccc(C(F)(F)F)cc1C(=O)N1CCSCC1. The number of hydrogen-bond donors (Lipinski definition) is 1. The van der Waals surface area contributed by atoms with Gasteiger partial charge < -0.3 is 10.2 Å². The van der Waals surface area contributed by atoms with Crippen LogP contribution in [-0.2, 0) is 6.18 Å². The van der Waals surface area contributed by atoms with Crippen molar-refractivity contribution in [3.8, 4) is 0 Å². The molecule has 1 aliphatic heterocycles. The standard InChI is InChI=1S/C14H17F3N2OS/c1-2-18-12-4-3-10(14(15,16)17)9-11(12)13(20)19-5-7-21-8-6-19/h3-4,9,18H,2,5-8H2,1H3. The van der Waals surface area contributed by atoms with Crippen molar-refractivity contribution in [3.05, 3.63) is 29.3 Å². The number of benzene rings is 1. The average molecular weight is 318 g/mol. The summed E-state index contributed by atoms with van der Waals surface area (Å²) in [6.45, 7) is 3.53. The summed E-state index contributed by atoms with van der Waals surface area (Å²) in [5.74, 6) is 1.31. The molecule has 0 saturated carbocycles. The summed E-state index contributed by atoms with van der Waals surface area (Å²) in [7, 11) is 0. The van der Waals surface area contributed by atoms with E-state index >= 15 is 0 Å². The molecular formula is C14H17F3N2OS. The van der Waals surface area contributed by atoms with Crippen molar-refractivity contribution in [3.63, 3.8) is 0 Å². The Morgan fingerprint density at radius 3 is 2.57 bits per heavy atom. The predicted molar refractivity (Wildman–Crippen MR) is 78.8 cm³/mol. The van der Waals surface area contributed by atoms with Gasteiger partial charge in [0.1, 0.15) is 0 Å². The summed E-state index contributed by atoms with van der Waals surface area (Å²) in [4.78, 5) is 14.1. The van der Waals surface area contributed by atoms with Gasteiger partial charge in [0, 0.05) is 36.8 Å². The van der Waals surface area contributed by atoms with Gasteiger partial charge >= 0.3 is 6.18 Å². The maximum atomic E-state index is 12.8. The fourth-order valence-corrected chi connectivity index (χ4v) is 3.08. The van der Waals surface area contributed by atoms with E-state index in [9.17, 15) is 18.0 Å². The zero-order chi connectivity index (χ0) is 15.5. The highest BCUT2D eigenvalue weighted by Gasteiger charge is 2.32. The molecule has 2 rings (SSSR count). The first-order valence-electron chi connectivity index (χ1n) is 6.75. The van der Waals surface area contributed by atoms with Gasteiger partial charge in [0.05, 0.1) is 11.1 Å². The number of nitrogens with one attached hydrogen (secondary N) is 1. The van der Waals surface area contributed by atoms with Crippen LogP contribution in [0.5, 0.6) is 0 Å². The first-order valence-corrected chi connectivity index (χ1v) is 7.91. The van der Waals surface area contributed by atoms with Crippen LogP contribution in [-0.4, -0.2) is 41.9 Å². The third kappa shape index (κ3) is 3.84. The summed E-state index contributed by atoms with van der Waals surface area (Å²) in [5.41, 5.74) is -0.244. The molecule has 1 saturated heterocycles. The smallest absolute Gasteiger partial charge is 0.385 e. The molecule has 0 bridgehead atoms. The Balaban J connectivity index is 2.35. The Morgan fingerprint density at radius 1 is 1.33 bits per heavy atom. The molecule has 0 atom stereocenters. The van der Waals surface area contributed by atoms with Crippen LogP contribution < -0.4 is 5.32 Å². The van der Waals surface area contributed by atoms with Crippen molar-refractivity contribution in [2.45, 2.75) is 13.1 Å². The van der Waals surface area contributed by atoms with Gasteiger partial charge in [0.2, 0.25) is 0 Å². The first-order chi connectivity index (χ1) is 9.93. The van der Waals surface area contributed by atoms with Crippen molar-refractivity contribution in [2.24, 2.45) is 0 Å². The van der Waals surface area contributed by atoms with E-state index in [1.807, 2.05) is 6.92 Å². The molecule has 1 amide bonds. The van der Waals surface area contributed by atoms with Gasteiger partial charge in [-0.15, -0.1) is 0 Å². The second-order valence-electron chi connectivity index (χ2n) is 4.69. The Kier molecular flexibility index (Phi) is 5.03. The van der Waals surface area contributed by atoms with Crippen LogP contribution in [0.1, 0.15) is 22.8 Å². The van der Waals surface area contributed by atoms with E-state index in [1.54, 1.807) is 16.7 Å². The number of carbonyl (C=O) groups excluding carboxylic acids is 1. The zero-order valence-electron chi connectivity index (χ0n) is 11.7. The molecule has 1 N–H and O–H groups in total. The number of nitrogens with zero attached hydrogens (tertiary/aromatic N) is 1. The van der Waals surface area contributed by atoms with Crippen LogP contribution in [0.15, 0.2) is 18.2 Å². The highest BCUT2D eigenvalue weighted by Crippen LogP contribution is 2.32. The van der Waals surface area contributed by atoms with Crippen molar-refractivity contribution < 1.29 is 18.0 Å². The fraction of sp³-hybridized carbons (Fsp3) is 0.500. The third-order valence-electron chi connectivity index (χ3n) is 3.24. The monoisotopic (exact) mass is 318 g/mol. The van der Waals surface area contributed by atoms with Gasteiger partial charge in [-0.2, -0.15) is 24.9 Å². The lowest BCUT2D eigenvalue weighted by Crippen LogP contribution is -2.38. The van der Waals surface area contributed by atoms with Crippen molar-refractivity contribution in [1.82, 2.24) is 4.90 Å². The Hall–Kier alpha value is -1.37. The second kappa shape index (κ2) is 6.60. The lowest BCUT2D eigenvalue weighted by Gasteiger charge is -2.27. The van der Waals surface area contributed by atoms with E-state index in [-0.39, 0.29) is 11.5 Å². The summed E-state index contributed by atoms with van der Waals surface area (Å²) in [6, 6.07) is 3.28. The van der Waals surface area contributed by atoms with Crippen molar-refractivity contribution in [2.75, 3.05) is 36.5 Å². The summed E-state index contributed by atoms with van der Waals surface area (Å²) >= 11 is 1.74. The van der Waals surface area contributed by atoms with Crippen molar-refractivity contribution in [1.29, 1.82) is 0 Å².